The van der Waals surface area contributed by atoms with Crippen molar-refractivity contribution in [1.82, 2.24) is 19.6 Å². The molecule has 9 heteroatoms. The van der Waals surface area contributed by atoms with Gasteiger partial charge in [-0.1, -0.05) is 40.9 Å². The van der Waals surface area contributed by atoms with E-state index in [2.05, 4.69) is 15.5 Å². The van der Waals surface area contributed by atoms with Crippen LogP contribution in [0.15, 0.2) is 42.9 Å². The average Bonchev–Trinajstić information content (AvgIpc) is 3.15. The second-order valence-corrected chi connectivity index (χ2v) is 6.76. The first kappa shape index (κ1) is 18.5. The first-order valence-electron chi connectivity index (χ1n) is 7.55. The number of carbonyl (C=O) groups is 1. The molecule has 0 fully saturated rings. The molecule has 0 aliphatic rings. The fourth-order valence-electron chi connectivity index (χ4n) is 2.24. The first-order valence-corrected chi connectivity index (χ1v) is 8.68. The summed E-state index contributed by atoms with van der Waals surface area (Å²) in [5, 5.41) is 12.3. The Morgan fingerprint density at radius 1 is 1.19 bits per heavy atom. The van der Waals surface area contributed by atoms with Crippen molar-refractivity contribution in [2.75, 3.05) is 5.32 Å². The minimum absolute atomic E-state index is 0.285. The molecule has 0 saturated heterocycles. The molecule has 3 rings (SSSR count). The van der Waals surface area contributed by atoms with Crippen LogP contribution in [-0.2, 0) is 18.4 Å². The van der Waals surface area contributed by atoms with E-state index in [9.17, 15) is 4.79 Å². The van der Waals surface area contributed by atoms with Crippen LogP contribution in [0.2, 0.25) is 15.1 Å². The van der Waals surface area contributed by atoms with Crippen LogP contribution < -0.4 is 5.32 Å². The van der Waals surface area contributed by atoms with Crippen LogP contribution in [0.4, 0.5) is 5.82 Å². The highest BCUT2D eigenvalue weighted by Gasteiger charge is 2.10. The summed E-state index contributed by atoms with van der Waals surface area (Å²) in [6.07, 6.45) is 8.13. The van der Waals surface area contributed by atoms with Crippen LogP contribution in [0.3, 0.4) is 0 Å². The molecular formula is C17H14Cl3N5O. The summed E-state index contributed by atoms with van der Waals surface area (Å²) in [7, 11) is 1.80. The van der Waals surface area contributed by atoms with Crippen molar-refractivity contribution in [2.24, 2.45) is 7.05 Å². The van der Waals surface area contributed by atoms with E-state index in [1.807, 2.05) is 6.07 Å². The zero-order chi connectivity index (χ0) is 18.7. The lowest BCUT2D eigenvalue weighted by molar-refractivity contribution is -0.111. The number of aromatic nitrogens is 4. The molecule has 0 unspecified atom stereocenters. The molecule has 2 aromatic heterocycles. The van der Waals surface area contributed by atoms with Gasteiger partial charge in [0.1, 0.15) is 5.02 Å². The highest BCUT2D eigenvalue weighted by Crippen LogP contribution is 2.24. The topological polar surface area (TPSA) is 64.7 Å². The maximum Gasteiger partial charge on any atom is 0.249 e. The number of rotatable bonds is 5. The molecule has 1 aromatic carbocycles. The molecule has 26 heavy (non-hydrogen) atoms. The molecule has 134 valence electrons. The number of carbonyl (C=O) groups excluding carboxylic acids is 1. The van der Waals surface area contributed by atoms with Gasteiger partial charge < -0.3 is 5.32 Å². The van der Waals surface area contributed by atoms with Crippen molar-refractivity contribution in [3.8, 4) is 0 Å². The molecule has 0 bridgehead atoms. The summed E-state index contributed by atoms with van der Waals surface area (Å²) in [5.74, 6) is -0.0527. The number of nitrogens with zero attached hydrogens (tertiary/aromatic N) is 4. The summed E-state index contributed by atoms with van der Waals surface area (Å²) < 4.78 is 3.27. The third-order valence-electron chi connectivity index (χ3n) is 3.44. The SMILES string of the molecule is Cn1cc(/C=C/C(=O)Nc2nn(Cc3ccc(Cl)c(Cl)c3)cc2Cl)cn1. The van der Waals surface area contributed by atoms with Crippen LogP contribution in [0.25, 0.3) is 6.08 Å². The summed E-state index contributed by atoms with van der Waals surface area (Å²) >= 11 is 18.1. The molecule has 1 N–H and O–H groups in total. The van der Waals surface area contributed by atoms with Gasteiger partial charge in [-0.3, -0.25) is 14.2 Å². The summed E-state index contributed by atoms with van der Waals surface area (Å²) in [6.45, 7) is 0.442. The van der Waals surface area contributed by atoms with Gasteiger partial charge in [-0.15, -0.1) is 0 Å². The summed E-state index contributed by atoms with van der Waals surface area (Å²) in [4.78, 5) is 12.0. The Kier molecular flexibility index (Phi) is 5.66. The first-order chi connectivity index (χ1) is 12.4. The van der Waals surface area contributed by atoms with Gasteiger partial charge in [0.2, 0.25) is 5.91 Å². The Bertz CT molecular complexity index is 977. The molecule has 0 spiro atoms. The predicted octanol–water partition coefficient (Wildman–Crippen LogP) is 4.28. The third kappa shape index (κ3) is 4.66. The van der Waals surface area contributed by atoms with E-state index in [1.54, 1.807) is 53.2 Å². The number of anilines is 1. The summed E-state index contributed by atoms with van der Waals surface area (Å²) in [5.41, 5.74) is 1.73. The number of nitrogens with one attached hydrogen (secondary N) is 1. The number of halogens is 3. The Labute approximate surface area is 165 Å². The van der Waals surface area contributed by atoms with Gasteiger partial charge in [-0.25, -0.2) is 0 Å². The maximum absolute atomic E-state index is 12.0. The highest BCUT2D eigenvalue weighted by molar-refractivity contribution is 6.42. The van der Waals surface area contributed by atoms with Crippen LogP contribution in [-0.4, -0.2) is 25.5 Å². The van der Waals surface area contributed by atoms with Crippen LogP contribution in [0, 0.1) is 0 Å². The molecule has 0 aliphatic carbocycles. The highest BCUT2D eigenvalue weighted by atomic mass is 35.5. The molecule has 2 heterocycles. The Balaban J connectivity index is 1.66. The second-order valence-electron chi connectivity index (χ2n) is 5.54. The van der Waals surface area contributed by atoms with Crippen molar-refractivity contribution in [2.45, 2.75) is 6.54 Å². The van der Waals surface area contributed by atoms with E-state index in [1.165, 1.54) is 6.08 Å². The van der Waals surface area contributed by atoms with Gasteiger partial charge in [-0.05, 0) is 23.8 Å². The molecule has 0 aliphatic heterocycles. The Morgan fingerprint density at radius 2 is 2.00 bits per heavy atom. The number of aryl methyl sites for hydroxylation is 1. The molecule has 3 aromatic rings. The van der Waals surface area contributed by atoms with Crippen molar-refractivity contribution in [3.05, 3.63) is 69.1 Å². The quantitative estimate of drug-likeness (QED) is 0.639. The molecular weight excluding hydrogens is 397 g/mol. The van der Waals surface area contributed by atoms with Crippen LogP contribution in [0.1, 0.15) is 11.1 Å². The average molecular weight is 411 g/mol. The van der Waals surface area contributed by atoms with E-state index in [4.69, 9.17) is 34.8 Å². The third-order valence-corrected chi connectivity index (χ3v) is 4.45. The normalized spacial score (nSPS) is 11.2. The van der Waals surface area contributed by atoms with Gasteiger partial charge in [-0.2, -0.15) is 10.2 Å². The van der Waals surface area contributed by atoms with Gasteiger partial charge >= 0.3 is 0 Å². The Morgan fingerprint density at radius 3 is 2.69 bits per heavy atom. The number of benzene rings is 1. The zero-order valence-electron chi connectivity index (χ0n) is 13.7. The molecule has 0 atom stereocenters. The minimum atomic E-state index is -0.337. The van der Waals surface area contributed by atoms with E-state index >= 15 is 0 Å². The van der Waals surface area contributed by atoms with E-state index in [-0.39, 0.29) is 11.7 Å². The fourth-order valence-corrected chi connectivity index (χ4v) is 2.76. The molecule has 6 nitrogen and oxygen atoms in total. The van der Waals surface area contributed by atoms with E-state index < -0.39 is 0 Å². The van der Waals surface area contributed by atoms with Gasteiger partial charge in [0.25, 0.3) is 0 Å². The van der Waals surface area contributed by atoms with Crippen molar-refractivity contribution in [3.63, 3.8) is 0 Å². The lowest BCUT2D eigenvalue weighted by Gasteiger charge is -2.03. The standard InChI is InChI=1S/C17H14Cl3N5O/c1-24-8-12(7-21-24)3-5-16(26)22-17-15(20)10-25(23-17)9-11-2-4-13(18)14(19)6-11/h2-8,10H,9H2,1H3,(H,22,23,26)/b5-3+. The van der Waals surface area contributed by atoms with Gasteiger partial charge in [0.15, 0.2) is 5.82 Å². The smallest absolute Gasteiger partial charge is 0.249 e. The number of hydrogen-bond acceptors (Lipinski definition) is 3. The Hall–Kier alpha value is -2.28. The fraction of sp³-hybridized carbons (Fsp3) is 0.118. The largest absolute Gasteiger partial charge is 0.304 e. The predicted molar refractivity (Wildman–Crippen MR) is 104 cm³/mol. The van der Waals surface area contributed by atoms with Crippen molar-refractivity contribution < 1.29 is 4.79 Å². The minimum Gasteiger partial charge on any atom is -0.304 e. The second kappa shape index (κ2) is 7.95. The molecule has 0 saturated carbocycles. The molecule has 1 amide bonds. The van der Waals surface area contributed by atoms with E-state index in [0.29, 0.717) is 21.6 Å². The van der Waals surface area contributed by atoms with Gasteiger partial charge in [0, 0.05) is 31.1 Å². The van der Waals surface area contributed by atoms with Gasteiger partial charge in [0.05, 0.1) is 22.8 Å². The lowest BCUT2D eigenvalue weighted by atomic mass is 10.2. The van der Waals surface area contributed by atoms with E-state index in [0.717, 1.165) is 11.1 Å². The zero-order valence-corrected chi connectivity index (χ0v) is 15.9. The lowest BCUT2D eigenvalue weighted by Crippen LogP contribution is -2.09. The maximum atomic E-state index is 12.0. The molecule has 0 radical (unpaired) electrons. The monoisotopic (exact) mass is 409 g/mol. The van der Waals surface area contributed by atoms with Crippen LogP contribution in [0.5, 0.6) is 0 Å². The number of hydrogen-bond donors (Lipinski definition) is 1. The number of amides is 1. The van der Waals surface area contributed by atoms with Crippen molar-refractivity contribution in [1.29, 1.82) is 0 Å². The van der Waals surface area contributed by atoms with Crippen LogP contribution >= 0.6 is 34.8 Å². The van der Waals surface area contributed by atoms with Crippen molar-refractivity contribution >= 4 is 52.6 Å². The summed E-state index contributed by atoms with van der Waals surface area (Å²) in [6, 6.07) is 5.32.